The first-order chi connectivity index (χ1) is 3.83. The molecule has 0 atom stereocenters. The smallest absolute Gasteiger partial charge is 0.0569 e. The zero-order valence-corrected chi connectivity index (χ0v) is 9.13. The Morgan fingerprint density at radius 2 is 1.50 bits per heavy atom. The van der Waals surface area contributed by atoms with Gasteiger partial charge in [0.2, 0.25) is 0 Å². The lowest BCUT2D eigenvalue weighted by molar-refractivity contribution is -0.100. The molecule has 10 heavy (non-hydrogen) atoms. The minimum atomic E-state index is 0. The van der Waals surface area contributed by atoms with Gasteiger partial charge in [-0.1, -0.05) is 0 Å². The summed E-state index contributed by atoms with van der Waals surface area (Å²) < 4.78 is 4.96. The van der Waals surface area contributed by atoms with Crippen molar-refractivity contribution >= 4 is 34.0 Å². The van der Waals surface area contributed by atoms with Crippen molar-refractivity contribution in [3.63, 3.8) is 0 Å². The van der Waals surface area contributed by atoms with E-state index >= 15 is 0 Å². The van der Waals surface area contributed by atoms with Crippen LogP contribution in [-0.4, -0.2) is 26.3 Å². The van der Waals surface area contributed by atoms with Crippen molar-refractivity contribution in [3.8, 4) is 0 Å². The summed E-state index contributed by atoms with van der Waals surface area (Å²) in [5.74, 6) is 0. The van der Waals surface area contributed by atoms with Crippen LogP contribution in [0.3, 0.4) is 0 Å². The Hall–Kier alpha value is 0.840. The SMILES string of the molecule is Br.Br.NCC1(CN)COC1. The summed E-state index contributed by atoms with van der Waals surface area (Å²) in [6.45, 7) is 2.81. The lowest BCUT2D eigenvalue weighted by Crippen LogP contribution is -2.53. The predicted molar refractivity (Wildman–Crippen MR) is 52.0 cm³/mol. The molecule has 0 radical (unpaired) electrons. The van der Waals surface area contributed by atoms with Crippen LogP contribution in [-0.2, 0) is 4.74 Å². The molecular weight excluding hydrogens is 264 g/mol. The summed E-state index contributed by atoms with van der Waals surface area (Å²) in [4.78, 5) is 0. The van der Waals surface area contributed by atoms with E-state index in [-0.39, 0.29) is 39.4 Å². The summed E-state index contributed by atoms with van der Waals surface area (Å²) in [6.07, 6.45) is 0. The van der Waals surface area contributed by atoms with Crippen LogP contribution < -0.4 is 11.5 Å². The minimum absolute atomic E-state index is 0. The van der Waals surface area contributed by atoms with E-state index in [1.54, 1.807) is 0 Å². The van der Waals surface area contributed by atoms with Gasteiger partial charge < -0.3 is 16.2 Å². The average Bonchev–Trinajstić information content (AvgIpc) is 1.67. The first-order valence-electron chi connectivity index (χ1n) is 2.81. The molecule has 0 aromatic rings. The van der Waals surface area contributed by atoms with Crippen molar-refractivity contribution < 1.29 is 4.74 Å². The maximum absolute atomic E-state index is 5.42. The van der Waals surface area contributed by atoms with Crippen molar-refractivity contribution in [1.82, 2.24) is 0 Å². The van der Waals surface area contributed by atoms with Crippen LogP contribution in [0.25, 0.3) is 0 Å². The van der Waals surface area contributed by atoms with E-state index in [1.807, 2.05) is 0 Å². The molecule has 0 aliphatic carbocycles. The molecule has 1 saturated heterocycles. The van der Waals surface area contributed by atoms with Crippen molar-refractivity contribution in [3.05, 3.63) is 0 Å². The van der Waals surface area contributed by atoms with Gasteiger partial charge in [0.1, 0.15) is 0 Å². The second-order valence-corrected chi connectivity index (χ2v) is 2.40. The Bertz CT molecular complexity index is 74.2. The fraction of sp³-hybridized carbons (Fsp3) is 1.00. The van der Waals surface area contributed by atoms with Gasteiger partial charge >= 0.3 is 0 Å². The van der Waals surface area contributed by atoms with Crippen LogP contribution in [0, 0.1) is 5.41 Å². The lowest BCUT2D eigenvalue weighted by atomic mass is 9.87. The van der Waals surface area contributed by atoms with E-state index in [2.05, 4.69) is 0 Å². The minimum Gasteiger partial charge on any atom is -0.380 e. The van der Waals surface area contributed by atoms with E-state index in [0.717, 1.165) is 13.2 Å². The highest BCUT2D eigenvalue weighted by Crippen LogP contribution is 2.23. The van der Waals surface area contributed by atoms with Crippen molar-refractivity contribution in [2.45, 2.75) is 0 Å². The van der Waals surface area contributed by atoms with Crippen LogP contribution in [0.1, 0.15) is 0 Å². The highest BCUT2D eigenvalue weighted by atomic mass is 79.9. The van der Waals surface area contributed by atoms with Gasteiger partial charge in [0.05, 0.1) is 13.2 Å². The molecule has 1 aliphatic rings. The van der Waals surface area contributed by atoms with Crippen molar-refractivity contribution in [2.24, 2.45) is 16.9 Å². The van der Waals surface area contributed by atoms with Gasteiger partial charge in [0.25, 0.3) is 0 Å². The standard InChI is InChI=1S/C5H12N2O.2BrH/c6-1-5(2-7)3-8-4-5;;/h1-4,6-7H2;2*1H. The highest BCUT2D eigenvalue weighted by molar-refractivity contribution is 8.93. The molecule has 1 fully saturated rings. The van der Waals surface area contributed by atoms with E-state index in [4.69, 9.17) is 16.2 Å². The normalized spacial score (nSPS) is 19.8. The number of ether oxygens (including phenoxy) is 1. The van der Waals surface area contributed by atoms with Gasteiger partial charge in [0.15, 0.2) is 0 Å². The fourth-order valence-electron chi connectivity index (χ4n) is 0.710. The maximum Gasteiger partial charge on any atom is 0.0569 e. The average molecular weight is 278 g/mol. The molecule has 0 saturated carbocycles. The predicted octanol–water partition coefficient (Wildman–Crippen LogP) is 0.0762. The van der Waals surface area contributed by atoms with Crippen molar-refractivity contribution in [2.75, 3.05) is 26.3 Å². The zero-order valence-electron chi connectivity index (χ0n) is 5.71. The number of rotatable bonds is 2. The van der Waals surface area contributed by atoms with Gasteiger partial charge in [-0.3, -0.25) is 0 Å². The second-order valence-electron chi connectivity index (χ2n) is 2.40. The zero-order chi connectivity index (χ0) is 6.04. The van der Waals surface area contributed by atoms with Crippen LogP contribution in [0.4, 0.5) is 0 Å². The summed E-state index contributed by atoms with van der Waals surface area (Å²) >= 11 is 0. The molecule has 5 heteroatoms. The third kappa shape index (κ3) is 2.47. The quantitative estimate of drug-likeness (QED) is 0.751. The summed E-state index contributed by atoms with van der Waals surface area (Å²) in [6, 6.07) is 0. The first-order valence-corrected chi connectivity index (χ1v) is 2.81. The van der Waals surface area contributed by atoms with E-state index in [1.165, 1.54) is 0 Å². The Morgan fingerprint density at radius 3 is 1.50 bits per heavy atom. The molecule has 3 nitrogen and oxygen atoms in total. The number of hydrogen-bond donors (Lipinski definition) is 2. The molecule has 1 heterocycles. The van der Waals surface area contributed by atoms with Crippen LogP contribution in [0.15, 0.2) is 0 Å². The number of hydrogen-bond acceptors (Lipinski definition) is 3. The topological polar surface area (TPSA) is 61.3 Å². The molecule has 4 N–H and O–H groups in total. The van der Waals surface area contributed by atoms with E-state index < -0.39 is 0 Å². The van der Waals surface area contributed by atoms with Crippen LogP contribution >= 0.6 is 34.0 Å². The lowest BCUT2D eigenvalue weighted by Gasteiger charge is -2.39. The molecule has 0 spiro atoms. The third-order valence-corrected chi connectivity index (χ3v) is 1.68. The van der Waals surface area contributed by atoms with E-state index in [9.17, 15) is 0 Å². The second kappa shape index (κ2) is 5.49. The maximum atomic E-state index is 5.42. The van der Waals surface area contributed by atoms with Gasteiger partial charge in [-0.2, -0.15) is 0 Å². The largest absolute Gasteiger partial charge is 0.380 e. The third-order valence-electron chi connectivity index (χ3n) is 1.68. The van der Waals surface area contributed by atoms with Gasteiger partial charge in [-0.15, -0.1) is 34.0 Å². The summed E-state index contributed by atoms with van der Waals surface area (Å²) in [5.41, 5.74) is 11.0. The molecule has 1 aliphatic heterocycles. The van der Waals surface area contributed by atoms with Crippen LogP contribution in [0.2, 0.25) is 0 Å². The molecule has 0 aromatic carbocycles. The van der Waals surface area contributed by atoms with Gasteiger partial charge in [-0.05, 0) is 0 Å². The Balaban J connectivity index is 0. The number of nitrogens with two attached hydrogens (primary N) is 2. The molecule has 0 amide bonds. The number of halogens is 2. The van der Waals surface area contributed by atoms with Gasteiger partial charge in [0, 0.05) is 18.5 Å². The van der Waals surface area contributed by atoms with Crippen LogP contribution in [0.5, 0.6) is 0 Å². The summed E-state index contributed by atoms with van der Waals surface area (Å²) in [7, 11) is 0. The highest BCUT2D eigenvalue weighted by Gasteiger charge is 2.35. The van der Waals surface area contributed by atoms with Gasteiger partial charge in [-0.25, -0.2) is 0 Å². The first kappa shape index (κ1) is 13.4. The molecule has 0 aromatic heterocycles. The Labute approximate surface area is 82.0 Å². The Morgan fingerprint density at radius 1 is 1.10 bits per heavy atom. The van der Waals surface area contributed by atoms with E-state index in [0.29, 0.717) is 13.1 Å². The fourth-order valence-corrected chi connectivity index (χ4v) is 0.710. The molecular formula is C5H14Br2N2O. The molecule has 1 rings (SSSR count). The molecule has 64 valence electrons. The van der Waals surface area contributed by atoms with Crippen molar-refractivity contribution in [1.29, 1.82) is 0 Å². The monoisotopic (exact) mass is 276 g/mol. The Kier molecular flexibility index (Phi) is 7.37. The summed E-state index contributed by atoms with van der Waals surface area (Å²) in [5, 5.41) is 0. The molecule has 0 unspecified atom stereocenters. The molecule has 0 bridgehead atoms.